The quantitative estimate of drug-likeness (QED) is 0.445. The molecule has 4 bridgehead atoms. The molecule has 0 unspecified atom stereocenters. The first-order chi connectivity index (χ1) is 16.6. The lowest BCUT2D eigenvalue weighted by Crippen LogP contribution is -2.48. The molecule has 0 aliphatic heterocycles. The molecule has 35 heavy (non-hydrogen) atoms. The molecule has 4 saturated carbocycles. The maximum absolute atomic E-state index is 12.6. The number of rotatable bonds is 7. The Hall–Kier alpha value is -2.87. The molecular formula is C27H33N3O4S. The number of phenols is 1. The molecule has 8 heteroatoms. The number of amides is 1. The van der Waals surface area contributed by atoms with E-state index in [1.54, 1.807) is 25.1 Å². The highest BCUT2D eigenvalue weighted by molar-refractivity contribution is 7.92. The van der Waals surface area contributed by atoms with E-state index in [0.29, 0.717) is 17.0 Å². The molecule has 0 spiro atoms. The zero-order valence-electron chi connectivity index (χ0n) is 20.3. The zero-order chi connectivity index (χ0) is 24.8. The van der Waals surface area contributed by atoms with Crippen LogP contribution in [0.1, 0.15) is 56.6 Å². The van der Waals surface area contributed by atoms with Crippen molar-refractivity contribution in [3.05, 3.63) is 59.7 Å². The Morgan fingerprint density at radius 2 is 1.60 bits per heavy atom. The van der Waals surface area contributed by atoms with Gasteiger partial charge < -0.3 is 5.11 Å². The molecule has 4 aliphatic carbocycles. The summed E-state index contributed by atoms with van der Waals surface area (Å²) >= 11 is 0. The van der Waals surface area contributed by atoms with Crippen molar-refractivity contribution >= 4 is 27.3 Å². The van der Waals surface area contributed by atoms with E-state index in [4.69, 9.17) is 0 Å². The van der Waals surface area contributed by atoms with Crippen LogP contribution in [0.15, 0.2) is 53.6 Å². The van der Waals surface area contributed by atoms with Crippen molar-refractivity contribution in [3.8, 4) is 5.75 Å². The minimum Gasteiger partial charge on any atom is -0.507 e. The van der Waals surface area contributed by atoms with E-state index >= 15 is 0 Å². The molecule has 0 saturated heterocycles. The highest BCUT2D eigenvalue weighted by atomic mass is 32.2. The zero-order valence-corrected chi connectivity index (χ0v) is 21.1. The number of hydrogen-bond acceptors (Lipinski definition) is 5. The summed E-state index contributed by atoms with van der Waals surface area (Å²) in [5.41, 5.74) is 5.33. The molecule has 2 aromatic rings. The van der Waals surface area contributed by atoms with Crippen molar-refractivity contribution in [1.29, 1.82) is 0 Å². The van der Waals surface area contributed by atoms with Crippen LogP contribution in [0.4, 0.5) is 5.69 Å². The summed E-state index contributed by atoms with van der Waals surface area (Å²) in [6, 6.07) is 14.5. The third-order valence-corrected chi connectivity index (χ3v) is 9.28. The fourth-order valence-corrected chi connectivity index (χ4v) is 7.85. The number of sulfonamides is 1. The number of nitrogens with one attached hydrogen (secondary N) is 1. The van der Waals surface area contributed by atoms with Crippen molar-refractivity contribution in [2.45, 2.75) is 50.9 Å². The standard InChI is InChI=1S/C27H33N3O4S/c1-18(24-5-3-4-6-25(24)31)28-29-26(32)17-30(35(2,33)34)23-9-7-22(8-10-23)27-14-19-11-20(15-27)13-21(12-19)16-27/h3-10,19-21,31H,11-17H2,1-2H3,(H,29,32)/b28-18-. The molecule has 186 valence electrons. The first-order valence-corrected chi connectivity index (χ1v) is 14.2. The van der Waals surface area contributed by atoms with Crippen molar-refractivity contribution in [3.63, 3.8) is 0 Å². The van der Waals surface area contributed by atoms with Crippen LogP contribution in [0.5, 0.6) is 5.75 Å². The molecule has 4 fully saturated rings. The summed E-state index contributed by atoms with van der Waals surface area (Å²) < 4.78 is 26.2. The lowest BCUT2D eigenvalue weighted by atomic mass is 9.48. The summed E-state index contributed by atoms with van der Waals surface area (Å²) in [5, 5.41) is 14.0. The summed E-state index contributed by atoms with van der Waals surface area (Å²) in [6.45, 7) is 1.28. The van der Waals surface area contributed by atoms with E-state index in [1.807, 2.05) is 12.1 Å². The largest absolute Gasteiger partial charge is 0.507 e. The van der Waals surface area contributed by atoms with E-state index in [0.717, 1.165) is 28.3 Å². The Morgan fingerprint density at radius 1 is 1.03 bits per heavy atom. The number of benzene rings is 2. The Kier molecular flexibility index (Phi) is 6.11. The van der Waals surface area contributed by atoms with Crippen LogP contribution in [-0.2, 0) is 20.2 Å². The number of para-hydroxylation sites is 1. The van der Waals surface area contributed by atoms with Gasteiger partial charge in [0, 0.05) is 5.56 Å². The number of phenolic OH excluding ortho intramolecular Hbond substituents is 1. The van der Waals surface area contributed by atoms with Gasteiger partial charge in [0.05, 0.1) is 17.7 Å². The van der Waals surface area contributed by atoms with Gasteiger partial charge in [0.2, 0.25) is 10.0 Å². The summed E-state index contributed by atoms with van der Waals surface area (Å²) in [6.07, 6.45) is 8.95. The molecule has 0 heterocycles. The molecular weight excluding hydrogens is 462 g/mol. The third-order valence-electron chi connectivity index (χ3n) is 8.14. The number of carbonyl (C=O) groups is 1. The summed E-state index contributed by atoms with van der Waals surface area (Å²) in [7, 11) is -3.68. The first-order valence-electron chi connectivity index (χ1n) is 12.3. The maximum atomic E-state index is 12.6. The van der Waals surface area contributed by atoms with Gasteiger partial charge in [-0.05, 0) is 98.4 Å². The predicted octanol–water partition coefficient (Wildman–Crippen LogP) is 4.17. The van der Waals surface area contributed by atoms with Gasteiger partial charge in [-0.2, -0.15) is 5.10 Å². The lowest BCUT2D eigenvalue weighted by molar-refractivity contribution is -0.119. The average Bonchev–Trinajstić information content (AvgIpc) is 2.80. The van der Waals surface area contributed by atoms with Crippen molar-refractivity contribution < 1.29 is 18.3 Å². The van der Waals surface area contributed by atoms with Gasteiger partial charge in [-0.1, -0.05) is 24.3 Å². The van der Waals surface area contributed by atoms with Crippen LogP contribution in [0, 0.1) is 17.8 Å². The van der Waals surface area contributed by atoms with Crippen LogP contribution < -0.4 is 9.73 Å². The minimum absolute atomic E-state index is 0.0554. The lowest BCUT2D eigenvalue weighted by Gasteiger charge is -2.57. The number of hydrogen-bond donors (Lipinski definition) is 2. The molecule has 1 amide bonds. The smallest absolute Gasteiger partial charge is 0.260 e. The van der Waals surface area contributed by atoms with Gasteiger partial charge >= 0.3 is 0 Å². The van der Waals surface area contributed by atoms with Crippen LogP contribution in [0.2, 0.25) is 0 Å². The van der Waals surface area contributed by atoms with Gasteiger partial charge in [0.25, 0.3) is 5.91 Å². The Labute approximate surface area is 207 Å². The monoisotopic (exact) mass is 495 g/mol. The molecule has 2 aromatic carbocycles. The van der Waals surface area contributed by atoms with E-state index in [2.05, 4.69) is 22.7 Å². The fourth-order valence-electron chi connectivity index (χ4n) is 7.00. The highest BCUT2D eigenvalue weighted by Crippen LogP contribution is 2.60. The SMILES string of the molecule is C/C(=N/NC(=O)CN(c1ccc(C23CC4CC(CC(C4)C2)C3)cc1)S(C)(=O)=O)c1ccccc1O. The highest BCUT2D eigenvalue weighted by Gasteiger charge is 2.51. The fraction of sp³-hybridized carbons (Fsp3) is 0.481. The number of nitrogens with zero attached hydrogens (tertiary/aromatic N) is 2. The second-order valence-corrected chi connectivity index (χ2v) is 12.7. The second-order valence-electron chi connectivity index (χ2n) is 10.8. The van der Waals surface area contributed by atoms with Gasteiger partial charge in [0.1, 0.15) is 12.3 Å². The van der Waals surface area contributed by atoms with Gasteiger partial charge in [0.15, 0.2) is 0 Å². The molecule has 0 atom stereocenters. The normalized spacial score (nSPS) is 27.6. The Morgan fingerprint density at radius 3 is 2.14 bits per heavy atom. The van der Waals surface area contributed by atoms with E-state index in [1.165, 1.54) is 50.2 Å². The number of hydrazone groups is 1. The van der Waals surface area contributed by atoms with Gasteiger partial charge in [-0.15, -0.1) is 0 Å². The molecule has 0 radical (unpaired) electrons. The number of carbonyl (C=O) groups excluding carboxylic acids is 1. The number of aromatic hydroxyl groups is 1. The maximum Gasteiger partial charge on any atom is 0.260 e. The average molecular weight is 496 g/mol. The topological polar surface area (TPSA) is 99.1 Å². The third kappa shape index (κ3) is 4.81. The van der Waals surface area contributed by atoms with Crippen LogP contribution in [-0.4, -0.2) is 37.9 Å². The van der Waals surface area contributed by atoms with E-state index in [9.17, 15) is 18.3 Å². The summed E-state index contributed by atoms with van der Waals surface area (Å²) in [5.74, 6) is 1.99. The minimum atomic E-state index is -3.68. The first kappa shape index (κ1) is 23.9. The molecule has 6 rings (SSSR count). The molecule has 2 N–H and O–H groups in total. The molecule has 4 aliphatic rings. The van der Waals surface area contributed by atoms with Crippen molar-refractivity contribution in [1.82, 2.24) is 5.43 Å². The van der Waals surface area contributed by atoms with Crippen LogP contribution in [0.3, 0.4) is 0 Å². The van der Waals surface area contributed by atoms with Gasteiger partial charge in [-0.25, -0.2) is 13.8 Å². The Bertz CT molecular complexity index is 1220. The van der Waals surface area contributed by atoms with Crippen molar-refractivity contribution in [2.24, 2.45) is 22.9 Å². The van der Waals surface area contributed by atoms with Gasteiger partial charge in [-0.3, -0.25) is 9.10 Å². The molecule has 7 nitrogen and oxygen atoms in total. The van der Waals surface area contributed by atoms with E-state index in [-0.39, 0.29) is 17.7 Å². The number of anilines is 1. The van der Waals surface area contributed by atoms with Crippen molar-refractivity contribution in [2.75, 3.05) is 17.1 Å². The molecule has 0 aromatic heterocycles. The van der Waals surface area contributed by atoms with E-state index < -0.39 is 15.9 Å². The predicted molar refractivity (Wildman–Crippen MR) is 137 cm³/mol. The Balaban J connectivity index is 1.31. The summed E-state index contributed by atoms with van der Waals surface area (Å²) in [4.78, 5) is 12.6. The second kappa shape index (κ2) is 8.97. The van der Waals surface area contributed by atoms with Crippen LogP contribution >= 0.6 is 0 Å². The van der Waals surface area contributed by atoms with Crippen LogP contribution in [0.25, 0.3) is 0 Å².